The first-order valence-corrected chi connectivity index (χ1v) is 8.96. The second kappa shape index (κ2) is 8.03. The van der Waals surface area contributed by atoms with Crippen LogP contribution in [-0.4, -0.2) is 32.9 Å². The van der Waals surface area contributed by atoms with Crippen molar-refractivity contribution in [2.45, 2.75) is 39.5 Å². The number of benzene rings is 2. The Labute approximate surface area is 157 Å². The van der Waals surface area contributed by atoms with Crippen LogP contribution in [0.5, 0.6) is 5.75 Å². The van der Waals surface area contributed by atoms with Crippen molar-refractivity contribution in [3.63, 3.8) is 0 Å². The third kappa shape index (κ3) is 4.34. The van der Waals surface area contributed by atoms with Crippen molar-refractivity contribution in [3.8, 4) is 5.75 Å². The van der Waals surface area contributed by atoms with Crippen molar-refractivity contribution in [1.82, 2.24) is 14.9 Å². The van der Waals surface area contributed by atoms with Crippen LogP contribution in [0.15, 0.2) is 59.4 Å². The predicted octanol–water partition coefficient (Wildman–Crippen LogP) is 3.13. The van der Waals surface area contributed by atoms with Gasteiger partial charge in [0.15, 0.2) is 6.10 Å². The first-order valence-electron chi connectivity index (χ1n) is 8.96. The van der Waals surface area contributed by atoms with Gasteiger partial charge in [-0.15, -0.1) is 0 Å². The summed E-state index contributed by atoms with van der Waals surface area (Å²) in [7, 11) is 0. The van der Waals surface area contributed by atoms with Crippen LogP contribution in [0.1, 0.15) is 26.6 Å². The summed E-state index contributed by atoms with van der Waals surface area (Å²) in [5.41, 5.74) is 0.404. The van der Waals surface area contributed by atoms with Gasteiger partial charge in [-0.2, -0.15) is 0 Å². The van der Waals surface area contributed by atoms with Crippen molar-refractivity contribution < 1.29 is 9.53 Å². The minimum Gasteiger partial charge on any atom is -0.481 e. The number of aromatic amines is 1. The summed E-state index contributed by atoms with van der Waals surface area (Å²) in [6, 6.07) is 16.3. The molecule has 1 aromatic heterocycles. The first kappa shape index (κ1) is 18.6. The number of amides is 1. The number of carbonyl (C=O) groups excluding carboxylic acids is 1. The van der Waals surface area contributed by atoms with Gasteiger partial charge in [0.2, 0.25) is 0 Å². The van der Waals surface area contributed by atoms with E-state index in [0.29, 0.717) is 22.5 Å². The van der Waals surface area contributed by atoms with E-state index >= 15 is 0 Å². The van der Waals surface area contributed by atoms with Gasteiger partial charge in [0.05, 0.1) is 17.4 Å². The van der Waals surface area contributed by atoms with E-state index in [4.69, 9.17) is 4.74 Å². The molecule has 0 aliphatic rings. The van der Waals surface area contributed by atoms with Crippen LogP contribution in [0.2, 0.25) is 0 Å². The van der Waals surface area contributed by atoms with Gasteiger partial charge in [0.25, 0.3) is 11.5 Å². The molecule has 1 unspecified atom stereocenters. The van der Waals surface area contributed by atoms with Crippen LogP contribution in [0.3, 0.4) is 0 Å². The Morgan fingerprint density at radius 3 is 2.44 bits per heavy atom. The maximum Gasteiger partial charge on any atom is 0.263 e. The van der Waals surface area contributed by atoms with E-state index in [1.807, 2.05) is 50.2 Å². The summed E-state index contributed by atoms with van der Waals surface area (Å²) in [5.74, 6) is 0.927. The van der Waals surface area contributed by atoms with Crippen LogP contribution >= 0.6 is 0 Å². The molecule has 3 aromatic rings. The van der Waals surface area contributed by atoms with Crippen LogP contribution in [-0.2, 0) is 11.3 Å². The Balaban J connectivity index is 1.81. The van der Waals surface area contributed by atoms with Crippen molar-refractivity contribution in [3.05, 3.63) is 70.8 Å². The Morgan fingerprint density at radius 1 is 1.07 bits per heavy atom. The minimum atomic E-state index is -0.651. The molecule has 1 N–H and O–H groups in total. The quantitative estimate of drug-likeness (QED) is 0.728. The molecule has 6 heteroatoms. The zero-order chi connectivity index (χ0) is 19.4. The predicted molar refractivity (Wildman–Crippen MR) is 105 cm³/mol. The molecular weight excluding hydrogens is 342 g/mol. The Kier molecular flexibility index (Phi) is 5.54. The second-order valence-electron chi connectivity index (χ2n) is 6.66. The molecule has 0 spiro atoms. The van der Waals surface area contributed by atoms with Crippen LogP contribution in [0.25, 0.3) is 10.9 Å². The van der Waals surface area contributed by atoms with Crippen molar-refractivity contribution in [2.24, 2.45) is 0 Å². The highest BCUT2D eigenvalue weighted by Crippen LogP contribution is 2.15. The molecule has 27 heavy (non-hydrogen) atoms. The zero-order valence-electron chi connectivity index (χ0n) is 15.7. The molecule has 1 heterocycles. The van der Waals surface area contributed by atoms with Gasteiger partial charge in [-0.25, -0.2) is 4.98 Å². The molecule has 0 aliphatic heterocycles. The van der Waals surface area contributed by atoms with Crippen LogP contribution in [0.4, 0.5) is 0 Å². The number of para-hydroxylation sites is 2. The molecule has 0 aliphatic carbocycles. The molecule has 2 aromatic carbocycles. The second-order valence-corrected chi connectivity index (χ2v) is 6.66. The summed E-state index contributed by atoms with van der Waals surface area (Å²) in [6.45, 7) is 5.78. The van der Waals surface area contributed by atoms with Crippen molar-refractivity contribution in [2.75, 3.05) is 0 Å². The number of fused-ring (bicyclic) bond motifs is 1. The lowest BCUT2D eigenvalue weighted by atomic mass is 10.2. The number of rotatable bonds is 6. The molecule has 0 fully saturated rings. The first-order chi connectivity index (χ1) is 13.0. The minimum absolute atomic E-state index is 0.0731. The zero-order valence-corrected chi connectivity index (χ0v) is 15.7. The molecule has 0 radical (unpaired) electrons. The molecule has 1 atom stereocenters. The molecule has 1 amide bonds. The van der Waals surface area contributed by atoms with Crippen LogP contribution < -0.4 is 10.3 Å². The fourth-order valence-corrected chi connectivity index (χ4v) is 2.87. The topological polar surface area (TPSA) is 75.3 Å². The average molecular weight is 365 g/mol. The molecular formula is C21H23N3O3. The number of hydrogen-bond donors (Lipinski definition) is 1. The molecule has 140 valence electrons. The Bertz CT molecular complexity index is 983. The van der Waals surface area contributed by atoms with E-state index in [2.05, 4.69) is 9.97 Å². The smallest absolute Gasteiger partial charge is 0.263 e. The largest absolute Gasteiger partial charge is 0.481 e. The third-order valence-corrected chi connectivity index (χ3v) is 4.29. The highest BCUT2D eigenvalue weighted by molar-refractivity contribution is 5.81. The summed E-state index contributed by atoms with van der Waals surface area (Å²) in [6.07, 6.45) is -0.651. The molecule has 6 nitrogen and oxygen atoms in total. The maximum atomic E-state index is 12.9. The number of carbonyl (C=O) groups is 1. The fourth-order valence-electron chi connectivity index (χ4n) is 2.87. The van der Waals surface area contributed by atoms with Gasteiger partial charge in [0, 0.05) is 6.04 Å². The van der Waals surface area contributed by atoms with Crippen LogP contribution in [0, 0.1) is 0 Å². The van der Waals surface area contributed by atoms with Gasteiger partial charge in [-0.1, -0.05) is 30.3 Å². The van der Waals surface area contributed by atoms with E-state index in [1.54, 1.807) is 30.0 Å². The summed E-state index contributed by atoms with van der Waals surface area (Å²) in [5, 5.41) is 0.532. The molecule has 3 rings (SSSR count). The number of aromatic nitrogens is 2. The number of nitrogens with one attached hydrogen (secondary N) is 1. The maximum absolute atomic E-state index is 12.9. The Hall–Kier alpha value is -3.15. The number of hydrogen-bond acceptors (Lipinski definition) is 4. The van der Waals surface area contributed by atoms with Gasteiger partial charge in [-0.3, -0.25) is 9.59 Å². The van der Waals surface area contributed by atoms with Gasteiger partial charge in [-0.05, 0) is 45.0 Å². The van der Waals surface area contributed by atoms with E-state index < -0.39 is 6.10 Å². The molecule has 0 bridgehead atoms. The Morgan fingerprint density at radius 2 is 1.74 bits per heavy atom. The molecule has 0 saturated heterocycles. The lowest BCUT2D eigenvalue weighted by molar-refractivity contribution is -0.140. The van der Waals surface area contributed by atoms with Gasteiger partial charge >= 0.3 is 0 Å². The lowest BCUT2D eigenvalue weighted by Gasteiger charge is -2.29. The van der Waals surface area contributed by atoms with Crippen molar-refractivity contribution >= 4 is 16.8 Å². The summed E-state index contributed by atoms with van der Waals surface area (Å²) < 4.78 is 5.76. The number of H-pyrrole nitrogens is 1. The summed E-state index contributed by atoms with van der Waals surface area (Å²) >= 11 is 0. The number of nitrogens with zero attached hydrogens (tertiary/aromatic N) is 2. The monoisotopic (exact) mass is 365 g/mol. The molecule has 0 saturated carbocycles. The van der Waals surface area contributed by atoms with Gasteiger partial charge < -0.3 is 14.6 Å². The summed E-state index contributed by atoms with van der Waals surface area (Å²) in [4.78, 5) is 34.1. The van der Waals surface area contributed by atoms with Gasteiger partial charge in [0.1, 0.15) is 11.6 Å². The normalized spacial score (nSPS) is 12.1. The van der Waals surface area contributed by atoms with E-state index in [-0.39, 0.29) is 24.1 Å². The fraction of sp³-hybridized carbons (Fsp3) is 0.286. The highest BCUT2D eigenvalue weighted by Gasteiger charge is 2.25. The SMILES string of the molecule is CC(Oc1ccccc1)C(=O)N(Cc1nc2ccccc2c(=O)[nH]1)C(C)C. The average Bonchev–Trinajstić information content (AvgIpc) is 2.66. The highest BCUT2D eigenvalue weighted by atomic mass is 16.5. The number of ether oxygens (including phenoxy) is 1. The van der Waals surface area contributed by atoms with E-state index in [1.165, 1.54) is 0 Å². The van der Waals surface area contributed by atoms with E-state index in [9.17, 15) is 9.59 Å². The van der Waals surface area contributed by atoms with Crippen molar-refractivity contribution in [1.29, 1.82) is 0 Å². The lowest BCUT2D eigenvalue weighted by Crippen LogP contribution is -2.44. The third-order valence-electron chi connectivity index (χ3n) is 4.29. The standard InChI is InChI=1S/C21H23N3O3/c1-14(2)24(21(26)15(3)27-16-9-5-4-6-10-16)13-19-22-18-12-8-7-11-17(18)20(25)23-19/h4-12,14-15H,13H2,1-3H3,(H,22,23,25). The van der Waals surface area contributed by atoms with E-state index in [0.717, 1.165) is 0 Å².